The van der Waals surface area contributed by atoms with Crippen LogP contribution in [-0.2, 0) is 26.0 Å². The zero-order chi connectivity index (χ0) is 20.9. The zero-order valence-corrected chi connectivity index (χ0v) is 17.0. The highest BCUT2D eigenvalue weighted by molar-refractivity contribution is 7.89. The van der Waals surface area contributed by atoms with Gasteiger partial charge in [-0.3, -0.25) is 4.79 Å². The maximum atomic E-state index is 12.5. The highest BCUT2D eigenvalue weighted by Gasteiger charge is 2.22. The molecule has 1 aromatic heterocycles. The minimum atomic E-state index is -3.94. The number of hydrogen-bond donors (Lipinski definition) is 1. The lowest BCUT2D eigenvalue weighted by Gasteiger charge is -2.12. The fourth-order valence-corrected chi connectivity index (χ4v) is 3.58. The number of rotatable bonds is 8. The molecule has 1 aliphatic rings. The van der Waals surface area contributed by atoms with Crippen molar-refractivity contribution in [1.29, 1.82) is 0 Å². The summed E-state index contributed by atoms with van der Waals surface area (Å²) in [7, 11) is -3.94. The van der Waals surface area contributed by atoms with Crippen LogP contribution in [0.5, 0.6) is 11.5 Å². The maximum absolute atomic E-state index is 12.5. The van der Waals surface area contributed by atoms with Gasteiger partial charge in [-0.05, 0) is 25.5 Å². The van der Waals surface area contributed by atoms with Crippen molar-refractivity contribution in [2.75, 3.05) is 19.8 Å². The van der Waals surface area contributed by atoms with Gasteiger partial charge in [0.1, 0.15) is 6.54 Å². The molecule has 29 heavy (non-hydrogen) atoms. The molecular formula is C18H23N3O7S. The Kier molecular flexibility index (Phi) is 6.70. The van der Waals surface area contributed by atoms with Gasteiger partial charge in [-0.15, -0.1) is 0 Å². The Morgan fingerprint density at radius 1 is 1.28 bits per heavy atom. The van der Waals surface area contributed by atoms with Crippen molar-refractivity contribution >= 4 is 16.0 Å². The van der Waals surface area contributed by atoms with Crippen molar-refractivity contribution in [3.63, 3.8) is 0 Å². The van der Waals surface area contributed by atoms with Gasteiger partial charge in [0.05, 0.1) is 18.1 Å². The summed E-state index contributed by atoms with van der Waals surface area (Å²) < 4.78 is 48.4. The van der Waals surface area contributed by atoms with E-state index in [4.69, 9.17) is 18.7 Å². The van der Waals surface area contributed by atoms with Crippen molar-refractivity contribution in [3.05, 3.63) is 29.9 Å². The van der Waals surface area contributed by atoms with Crippen LogP contribution in [0.2, 0.25) is 0 Å². The van der Waals surface area contributed by atoms with E-state index >= 15 is 0 Å². The average molecular weight is 425 g/mol. The average Bonchev–Trinajstić information content (AvgIpc) is 3.03. The first-order valence-corrected chi connectivity index (χ1v) is 10.8. The third-order valence-electron chi connectivity index (χ3n) is 4.05. The molecule has 0 aliphatic carbocycles. The van der Waals surface area contributed by atoms with Crippen LogP contribution in [-0.4, -0.2) is 44.3 Å². The van der Waals surface area contributed by atoms with E-state index in [-0.39, 0.29) is 10.8 Å². The molecule has 2 heterocycles. The first-order chi connectivity index (χ1) is 13.9. The number of carbonyl (C=O) groups is 1. The van der Waals surface area contributed by atoms with E-state index in [9.17, 15) is 13.2 Å². The van der Waals surface area contributed by atoms with Crippen LogP contribution in [0.4, 0.5) is 0 Å². The number of hydrogen-bond acceptors (Lipinski definition) is 9. The summed E-state index contributed by atoms with van der Waals surface area (Å²) in [5, 5.41) is 3.79. The first-order valence-electron chi connectivity index (χ1n) is 9.30. The number of fused-ring (bicyclic) bond motifs is 1. The molecule has 0 radical (unpaired) electrons. The molecule has 1 N–H and O–H groups in total. The second kappa shape index (κ2) is 9.23. The normalized spacial score (nSPS) is 14.8. The smallest absolute Gasteiger partial charge is 0.321 e. The summed E-state index contributed by atoms with van der Waals surface area (Å²) in [6, 6.07) is 4.28. The molecule has 0 fully saturated rings. The Labute approximate surface area is 168 Å². The van der Waals surface area contributed by atoms with E-state index in [0.717, 1.165) is 6.42 Å². The number of sulfonamides is 1. The highest BCUT2D eigenvalue weighted by Crippen LogP contribution is 2.31. The number of carbonyl (C=O) groups excluding carboxylic acids is 1. The minimum Gasteiger partial charge on any atom is -0.490 e. The SMILES string of the molecule is CCCc1noc(C(C)OC(=O)CNS(=O)(=O)c2ccc3c(c2)OCCCO3)n1. The summed E-state index contributed by atoms with van der Waals surface area (Å²) in [5.41, 5.74) is 0. The van der Waals surface area contributed by atoms with Gasteiger partial charge >= 0.3 is 5.97 Å². The summed E-state index contributed by atoms with van der Waals surface area (Å²) >= 11 is 0. The maximum Gasteiger partial charge on any atom is 0.321 e. The van der Waals surface area contributed by atoms with Crippen molar-refractivity contribution in [3.8, 4) is 11.5 Å². The summed E-state index contributed by atoms with van der Waals surface area (Å²) in [4.78, 5) is 16.1. The highest BCUT2D eigenvalue weighted by atomic mass is 32.2. The fourth-order valence-electron chi connectivity index (χ4n) is 2.60. The van der Waals surface area contributed by atoms with E-state index in [0.29, 0.717) is 43.4 Å². The molecule has 0 bridgehead atoms. The predicted octanol–water partition coefficient (Wildman–Crippen LogP) is 1.77. The predicted molar refractivity (Wildman–Crippen MR) is 100 cm³/mol. The van der Waals surface area contributed by atoms with Crippen LogP contribution in [0.25, 0.3) is 0 Å². The molecule has 0 saturated heterocycles. The van der Waals surface area contributed by atoms with Crippen LogP contribution in [0, 0.1) is 0 Å². The molecule has 0 spiro atoms. The number of nitrogens with zero attached hydrogens (tertiary/aromatic N) is 2. The van der Waals surface area contributed by atoms with E-state index in [1.165, 1.54) is 18.2 Å². The lowest BCUT2D eigenvalue weighted by atomic mass is 10.3. The van der Waals surface area contributed by atoms with Crippen LogP contribution < -0.4 is 14.2 Å². The third kappa shape index (κ3) is 5.45. The molecule has 158 valence electrons. The topological polar surface area (TPSA) is 130 Å². The fraction of sp³-hybridized carbons (Fsp3) is 0.500. The number of nitrogens with one attached hydrogen (secondary N) is 1. The van der Waals surface area contributed by atoms with Gasteiger partial charge < -0.3 is 18.7 Å². The third-order valence-corrected chi connectivity index (χ3v) is 5.45. The number of aromatic nitrogens is 2. The van der Waals surface area contributed by atoms with Crippen molar-refractivity contribution in [1.82, 2.24) is 14.9 Å². The molecular weight excluding hydrogens is 402 g/mol. The molecule has 1 unspecified atom stereocenters. The van der Waals surface area contributed by atoms with Crippen molar-refractivity contribution < 1.29 is 31.9 Å². The Morgan fingerprint density at radius 2 is 2.03 bits per heavy atom. The Balaban J connectivity index is 1.58. The lowest BCUT2D eigenvalue weighted by Crippen LogP contribution is -2.31. The van der Waals surface area contributed by atoms with E-state index < -0.39 is 28.6 Å². The second-order valence-corrected chi connectivity index (χ2v) is 8.18. The van der Waals surface area contributed by atoms with Crippen molar-refractivity contribution in [2.45, 2.75) is 44.1 Å². The Hall–Kier alpha value is -2.66. The molecule has 3 rings (SSSR count). The van der Waals surface area contributed by atoms with Gasteiger partial charge in [0.15, 0.2) is 23.4 Å². The number of benzene rings is 1. The summed E-state index contributed by atoms with van der Waals surface area (Å²) in [6.07, 6.45) is 1.43. The molecule has 1 aromatic carbocycles. The van der Waals surface area contributed by atoms with E-state index in [1.807, 2.05) is 6.92 Å². The van der Waals surface area contributed by atoms with Gasteiger partial charge in [0.2, 0.25) is 10.0 Å². The molecule has 1 aliphatic heterocycles. The minimum absolute atomic E-state index is 0.0382. The lowest BCUT2D eigenvalue weighted by molar-refractivity contribution is -0.148. The zero-order valence-electron chi connectivity index (χ0n) is 16.2. The standard InChI is InChI=1S/C18H23N3O7S/c1-3-5-16-20-18(28-21-16)12(2)27-17(22)11-19-29(23,24)13-6-7-14-15(10-13)26-9-4-8-25-14/h6-7,10,12,19H,3-5,8-9,11H2,1-2H3. The quantitative estimate of drug-likeness (QED) is 0.629. The van der Waals surface area contributed by atoms with Crippen LogP contribution >= 0.6 is 0 Å². The molecule has 11 heteroatoms. The second-order valence-electron chi connectivity index (χ2n) is 6.41. The summed E-state index contributed by atoms with van der Waals surface area (Å²) in [5.74, 6) is 0.747. The number of aryl methyl sites for hydroxylation is 1. The van der Waals surface area contributed by atoms with Gasteiger partial charge in [0, 0.05) is 18.9 Å². The molecule has 2 aromatic rings. The van der Waals surface area contributed by atoms with Crippen LogP contribution in [0.3, 0.4) is 0 Å². The monoisotopic (exact) mass is 425 g/mol. The summed E-state index contributed by atoms with van der Waals surface area (Å²) in [6.45, 7) is 3.94. The number of esters is 1. The van der Waals surface area contributed by atoms with Crippen molar-refractivity contribution in [2.24, 2.45) is 0 Å². The Morgan fingerprint density at radius 3 is 2.79 bits per heavy atom. The largest absolute Gasteiger partial charge is 0.490 e. The van der Waals surface area contributed by atoms with Crippen LogP contribution in [0.1, 0.15) is 44.5 Å². The molecule has 1 atom stereocenters. The van der Waals surface area contributed by atoms with Gasteiger partial charge in [-0.2, -0.15) is 9.71 Å². The van der Waals surface area contributed by atoms with Gasteiger partial charge in [-0.25, -0.2) is 8.42 Å². The molecule has 0 amide bonds. The van der Waals surface area contributed by atoms with E-state index in [2.05, 4.69) is 14.9 Å². The van der Waals surface area contributed by atoms with Crippen LogP contribution in [0.15, 0.2) is 27.6 Å². The molecule has 0 saturated carbocycles. The number of ether oxygens (including phenoxy) is 3. The molecule has 10 nitrogen and oxygen atoms in total. The first kappa shape index (κ1) is 21.1. The van der Waals surface area contributed by atoms with Gasteiger partial charge in [0.25, 0.3) is 5.89 Å². The Bertz CT molecular complexity index is 958. The van der Waals surface area contributed by atoms with E-state index in [1.54, 1.807) is 6.92 Å². The van der Waals surface area contributed by atoms with Gasteiger partial charge in [-0.1, -0.05) is 12.1 Å².